The number of aromatic nitrogens is 1. The lowest BCUT2D eigenvalue weighted by molar-refractivity contribution is -0.274. The Labute approximate surface area is 140 Å². The number of carbonyl (C=O) groups is 2. The van der Waals surface area contributed by atoms with E-state index in [1.165, 1.54) is 23.1 Å². The molecule has 25 heavy (non-hydrogen) atoms. The number of ether oxygens (including phenoxy) is 1. The number of carbonyl (C=O) groups excluding carboxylic acids is 1. The van der Waals surface area contributed by atoms with Crippen LogP contribution in [0.15, 0.2) is 24.3 Å². The van der Waals surface area contributed by atoms with Crippen LogP contribution in [0.1, 0.15) is 29.8 Å². The van der Waals surface area contributed by atoms with Crippen LogP contribution in [-0.4, -0.2) is 45.8 Å². The van der Waals surface area contributed by atoms with Crippen molar-refractivity contribution in [3.05, 3.63) is 30.0 Å². The van der Waals surface area contributed by atoms with Crippen molar-refractivity contribution in [3.8, 4) is 5.75 Å². The fourth-order valence-electron chi connectivity index (χ4n) is 3.09. The van der Waals surface area contributed by atoms with E-state index in [-0.39, 0.29) is 29.8 Å². The van der Waals surface area contributed by atoms with Gasteiger partial charge < -0.3 is 19.7 Å². The molecule has 2 aromatic rings. The van der Waals surface area contributed by atoms with Crippen molar-refractivity contribution in [2.45, 2.75) is 31.7 Å². The molecule has 6 nitrogen and oxygen atoms in total. The molecule has 9 heteroatoms. The Morgan fingerprint density at radius 1 is 1.32 bits per heavy atom. The van der Waals surface area contributed by atoms with E-state index in [1.54, 1.807) is 0 Å². The third-order valence-corrected chi connectivity index (χ3v) is 4.11. The monoisotopic (exact) mass is 356 g/mol. The zero-order valence-corrected chi connectivity index (χ0v) is 13.0. The summed E-state index contributed by atoms with van der Waals surface area (Å²) in [6.45, 7) is 0.453. The van der Waals surface area contributed by atoms with E-state index in [4.69, 9.17) is 5.11 Å². The molecule has 1 aliphatic heterocycles. The van der Waals surface area contributed by atoms with Gasteiger partial charge in [-0.05, 0) is 31.0 Å². The molecule has 0 bridgehead atoms. The zero-order chi connectivity index (χ0) is 18.2. The predicted molar refractivity (Wildman–Crippen MR) is 81.3 cm³/mol. The number of carboxylic acid groups (broad SMARTS) is 1. The summed E-state index contributed by atoms with van der Waals surface area (Å²) >= 11 is 0. The molecule has 1 fully saturated rings. The average Bonchev–Trinajstić information content (AvgIpc) is 3.10. The number of nitrogens with one attached hydrogen (secondary N) is 1. The number of alkyl halides is 3. The highest BCUT2D eigenvalue weighted by Crippen LogP contribution is 2.28. The van der Waals surface area contributed by atoms with Crippen molar-refractivity contribution in [1.29, 1.82) is 0 Å². The largest absolute Gasteiger partial charge is 0.573 e. The summed E-state index contributed by atoms with van der Waals surface area (Å²) in [7, 11) is 0. The molecule has 0 saturated carbocycles. The summed E-state index contributed by atoms with van der Waals surface area (Å²) in [4.78, 5) is 27.8. The Kier molecular flexibility index (Phi) is 4.32. The second-order valence-electron chi connectivity index (χ2n) is 5.87. The number of rotatable bonds is 4. The zero-order valence-electron chi connectivity index (χ0n) is 13.0. The molecule has 1 unspecified atom stereocenters. The Bertz CT molecular complexity index is 815. The lowest BCUT2D eigenvalue weighted by atomic mass is 10.1. The second kappa shape index (κ2) is 6.30. The average molecular weight is 356 g/mol. The Morgan fingerprint density at radius 2 is 2.08 bits per heavy atom. The highest BCUT2D eigenvalue weighted by molar-refractivity contribution is 5.98. The fraction of sp³-hybridized carbons (Fsp3) is 0.375. The summed E-state index contributed by atoms with van der Waals surface area (Å²) < 4.78 is 40.7. The molecule has 134 valence electrons. The Morgan fingerprint density at radius 3 is 2.76 bits per heavy atom. The van der Waals surface area contributed by atoms with E-state index < -0.39 is 12.3 Å². The van der Waals surface area contributed by atoms with Crippen molar-refractivity contribution in [3.63, 3.8) is 0 Å². The number of aromatic amines is 1. The van der Waals surface area contributed by atoms with Crippen molar-refractivity contribution in [2.24, 2.45) is 0 Å². The molecular formula is C16H15F3N2O4. The van der Waals surface area contributed by atoms with E-state index in [0.717, 1.165) is 6.07 Å². The summed E-state index contributed by atoms with van der Waals surface area (Å²) in [5, 5.41) is 9.49. The van der Waals surface area contributed by atoms with Crippen LogP contribution in [0, 0.1) is 0 Å². The Hall–Kier alpha value is -2.71. The standard InChI is InChI=1S/C16H15F3N2O4/c17-16(18,19)25-11-4-3-9-6-13(20-12(9)8-11)15(24)21-5-1-2-10(21)7-14(22)23/h3-4,6,8,10,20H,1-2,5,7H2,(H,22,23). The van der Waals surface area contributed by atoms with Crippen LogP contribution >= 0.6 is 0 Å². The first-order valence-corrected chi connectivity index (χ1v) is 7.64. The third kappa shape index (κ3) is 3.86. The molecule has 0 aliphatic carbocycles. The van der Waals surface area contributed by atoms with Crippen LogP contribution in [0.4, 0.5) is 13.2 Å². The summed E-state index contributed by atoms with van der Waals surface area (Å²) in [5.74, 6) is -1.72. The number of carboxylic acids is 1. The van der Waals surface area contributed by atoms with Crippen molar-refractivity contribution in [2.75, 3.05) is 6.54 Å². The number of nitrogens with zero attached hydrogens (tertiary/aromatic N) is 1. The van der Waals surface area contributed by atoms with Gasteiger partial charge in [0.05, 0.1) is 6.42 Å². The SMILES string of the molecule is O=C(O)CC1CCCN1C(=O)c1cc2ccc(OC(F)(F)F)cc2[nH]1. The van der Waals surface area contributed by atoms with Gasteiger partial charge in [0, 0.05) is 29.6 Å². The maximum absolute atomic E-state index is 12.6. The first-order valence-electron chi connectivity index (χ1n) is 7.64. The topological polar surface area (TPSA) is 82.6 Å². The van der Waals surface area contributed by atoms with Gasteiger partial charge in [0.15, 0.2) is 0 Å². The smallest absolute Gasteiger partial charge is 0.481 e. The predicted octanol–water partition coefficient (Wildman–Crippen LogP) is 3.15. The molecule has 1 amide bonds. The third-order valence-electron chi connectivity index (χ3n) is 4.11. The number of fused-ring (bicyclic) bond motifs is 1. The number of aliphatic carboxylic acids is 1. The van der Waals surface area contributed by atoms with Gasteiger partial charge in [-0.25, -0.2) is 0 Å². The number of halogens is 3. The number of H-pyrrole nitrogens is 1. The molecule has 3 rings (SSSR count). The molecule has 0 spiro atoms. The fourth-order valence-corrected chi connectivity index (χ4v) is 3.09. The van der Waals surface area contributed by atoms with Crippen molar-refractivity contribution in [1.82, 2.24) is 9.88 Å². The van der Waals surface area contributed by atoms with Crippen LogP contribution in [0.5, 0.6) is 5.75 Å². The van der Waals surface area contributed by atoms with E-state index in [0.29, 0.717) is 30.3 Å². The summed E-state index contributed by atoms with van der Waals surface area (Å²) in [6, 6.07) is 4.91. The first kappa shape index (κ1) is 17.1. The number of hydrogen-bond donors (Lipinski definition) is 2. The molecule has 0 radical (unpaired) electrons. The minimum atomic E-state index is -4.79. The quantitative estimate of drug-likeness (QED) is 0.882. The lowest BCUT2D eigenvalue weighted by Gasteiger charge is -2.22. The van der Waals surface area contributed by atoms with Gasteiger partial charge in [-0.2, -0.15) is 0 Å². The summed E-state index contributed by atoms with van der Waals surface area (Å²) in [5.41, 5.74) is 0.538. The number of benzene rings is 1. The minimum absolute atomic E-state index is 0.129. The maximum Gasteiger partial charge on any atom is 0.573 e. The van der Waals surface area contributed by atoms with Gasteiger partial charge in [-0.15, -0.1) is 13.2 Å². The molecule has 1 saturated heterocycles. The van der Waals surface area contributed by atoms with Crippen LogP contribution in [0.25, 0.3) is 10.9 Å². The first-order chi connectivity index (χ1) is 11.7. The van der Waals surface area contributed by atoms with Crippen LogP contribution in [-0.2, 0) is 4.79 Å². The van der Waals surface area contributed by atoms with Crippen LogP contribution in [0.2, 0.25) is 0 Å². The molecular weight excluding hydrogens is 341 g/mol. The van der Waals surface area contributed by atoms with Crippen molar-refractivity contribution < 1.29 is 32.6 Å². The normalized spacial score (nSPS) is 17.9. The van der Waals surface area contributed by atoms with E-state index in [2.05, 4.69) is 9.72 Å². The van der Waals surface area contributed by atoms with Gasteiger partial charge in [-0.3, -0.25) is 9.59 Å². The van der Waals surface area contributed by atoms with Gasteiger partial charge in [0.2, 0.25) is 0 Å². The molecule has 2 N–H and O–H groups in total. The van der Waals surface area contributed by atoms with Gasteiger partial charge in [-0.1, -0.05) is 0 Å². The molecule has 1 atom stereocenters. The minimum Gasteiger partial charge on any atom is -0.481 e. The van der Waals surface area contributed by atoms with Crippen LogP contribution in [0.3, 0.4) is 0 Å². The second-order valence-corrected chi connectivity index (χ2v) is 5.87. The van der Waals surface area contributed by atoms with Gasteiger partial charge >= 0.3 is 12.3 Å². The lowest BCUT2D eigenvalue weighted by Crippen LogP contribution is -2.37. The Balaban J connectivity index is 1.83. The number of hydrogen-bond acceptors (Lipinski definition) is 3. The molecule has 1 aromatic carbocycles. The molecule has 2 heterocycles. The summed E-state index contributed by atoms with van der Waals surface area (Å²) in [6.07, 6.45) is -3.59. The van der Waals surface area contributed by atoms with Crippen molar-refractivity contribution >= 4 is 22.8 Å². The highest BCUT2D eigenvalue weighted by Gasteiger charge is 2.32. The van der Waals surface area contributed by atoms with E-state index in [9.17, 15) is 22.8 Å². The van der Waals surface area contributed by atoms with Crippen LogP contribution < -0.4 is 4.74 Å². The van der Waals surface area contributed by atoms with E-state index in [1.807, 2.05) is 0 Å². The number of likely N-dealkylation sites (tertiary alicyclic amines) is 1. The number of amides is 1. The van der Waals surface area contributed by atoms with Gasteiger partial charge in [0.25, 0.3) is 5.91 Å². The molecule has 1 aliphatic rings. The van der Waals surface area contributed by atoms with E-state index >= 15 is 0 Å². The maximum atomic E-state index is 12.6. The molecule has 1 aromatic heterocycles. The highest BCUT2D eigenvalue weighted by atomic mass is 19.4. The van der Waals surface area contributed by atoms with Gasteiger partial charge in [0.1, 0.15) is 11.4 Å².